The lowest BCUT2D eigenvalue weighted by molar-refractivity contribution is -0.167. The van der Waals surface area contributed by atoms with E-state index in [1.165, 1.54) is 12.8 Å². The molecule has 3 heterocycles. The molecule has 0 spiro atoms. The summed E-state index contributed by atoms with van der Waals surface area (Å²) >= 11 is 0. The number of hydrogen-bond donors (Lipinski definition) is 16. The third kappa shape index (κ3) is 27.6. The first-order chi connectivity index (χ1) is 46.0. The zero-order valence-corrected chi connectivity index (χ0v) is 56.6. The summed E-state index contributed by atoms with van der Waals surface area (Å²) in [5, 5.41) is 108. The van der Waals surface area contributed by atoms with Crippen LogP contribution in [0.25, 0.3) is 0 Å². The Morgan fingerprint density at radius 1 is 0.577 bits per heavy atom. The number of nitrogens with two attached hydrogens (primary N) is 2. The van der Waals surface area contributed by atoms with Gasteiger partial charge in [-0.3, -0.25) is 53.0 Å². The van der Waals surface area contributed by atoms with Gasteiger partial charge in [-0.05, 0) is 58.8 Å². The molecule has 3 aliphatic rings. The first-order valence-corrected chi connectivity index (χ1v) is 34.4. The Kier molecular flexibility index (Phi) is 38.1. The van der Waals surface area contributed by atoms with Gasteiger partial charge < -0.3 is 98.5 Å². The number of aliphatic imine (C=N–C) groups is 1. The molecule has 0 bridgehead atoms. The van der Waals surface area contributed by atoms with Crippen LogP contribution in [0.4, 0.5) is 0 Å². The van der Waals surface area contributed by atoms with E-state index in [-0.39, 0.29) is 51.2 Å². The Bertz CT molecular complexity index is 2610. The number of aliphatic hydroxyl groups is 7. The number of unbranched alkanes of at least 4 members (excludes halogenated alkanes) is 18. The second-order valence-electron chi connectivity index (χ2n) is 25.6. The fraction of sp³-hybridized carbons (Fsp3) is 0.797. The van der Waals surface area contributed by atoms with E-state index in [1.54, 1.807) is 0 Å². The molecule has 0 aromatic carbocycles. The van der Waals surface area contributed by atoms with Gasteiger partial charge in [0.2, 0.25) is 53.2 Å². The number of carbonyl (C=O) groups excluding carboxylic acids is 10. The van der Waals surface area contributed by atoms with Crippen LogP contribution in [0, 0.1) is 0 Å². The van der Waals surface area contributed by atoms with Crippen molar-refractivity contribution in [3.63, 3.8) is 0 Å². The van der Waals surface area contributed by atoms with Gasteiger partial charge >= 0.3 is 17.9 Å². The summed E-state index contributed by atoms with van der Waals surface area (Å²) in [5.74, 6) is -18.5. The van der Waals surface area contributed by atoms with Gasteiger partial charge in [-0.15, -0.1) is 0 Å². The number of hydrogen-bond acceptors (Lipinski definition) is 21. The Hall–Kier alpha value is -7.17. The number of ether oxygens (including phenoxy) is 1. The van der Waals surface area contributed by atoms with Gasteiger partial charge in [-0.1, -0.05) is 136 Å². The standard InChI is InChI=1S/C64H109N11O22/c1-5-7-9-11-13-15-16-18-19-21-23-26-39(78)34-45(81)75-46(82)35-40(27-24-22-20-17-14-12-10-8-6-2)97-63(96)48(53(84)62(94)95)72-58(89)51-44(80)30-33-74(51)60(91)42(36-76)70-55(86)47(52(83)61(92)93)71-54(85)41(28-25-31-67-64(65)66)69-57(88)50-43(79)29-32-73(50)59(90)37(3)68-56(87)49(75)38(4)77/h37-44,47-53,76-80,83-84H,5-36H2,1-4H3,(H,68,87)(H,69,88)(H,70,86)(H,71,85)(H,72,89)(H,92,93)(H,94,95)(H4,65,66,67)/t37-,38-,39?,40?,41?,42?,43+,44+,47-,48+,49?,50+,51+,52-,53+/m1/s1. The highest BCUT2D eigenvalue weighted by Crippen LogP contribution is 2.25. The third-order valence-corrected chi connectivity index (χ3v) is 17.6. The lowest BCUT2D eigenvalue weighted by Gasteiger charge is -2.34. The van der Waals surface area contributed by atoms with Crippen LogP contribution in [0.5, 0.6) is 0 Å². The Morgan fingerprint density at radius 2 is 1.04 bits per heavy atom. The molecule has 0 aromatic heterocycles. The van der Waals surface area contributed by atoms with Crippen LogP contribution in [-0.4, -0.2) is 255 Å². The van der Waals surface area contributed by atoms with E-state index in [0.717, 1.165) is 102 Å². The topological polar surface area (TPSA) is 530 Å². The normalized spacial score (nSPS) is 26.0. The number of carbonyl (C=O) groups is 12. The molecule has 97 heavy (non-hydrogen) atoms. The molecule has 552 valence electrons. The number of aliphatic carboxylic acids is 2. The third-order valence-electron chi connectivity index (χ3n) is 17.6. The number of nitrogens with one attached hydrogen (secondary N) is 5. The number of carboxylic acid groups (broad SMARTS) is 2. The summed E-state index contributed by atoms with van der Waals surface area (Å²) in [4.78, 5) is 175. The average molecular weight is 1380 g/mol. The SMILES string of the molecule is CCCCCCCCCCCCCC(O)CC(=O)N1C(=O)CC(CCCCCCCCCCC)OC(=O)[C@H]([C@H](O)C(=O)O)NC(=O)[C@@H]2[C@@H](O)CCN2C(=O)C(CO)NC(=O)[C@@H]([C@@H](O)C(=O)O)NC(=O)C(CCCN=C(N)N)NC(=O)[C@@H]2[C@@H](O)CCN2C(=O)[C@@H](C)NC(=O)C1[C@@H](C)O. The van der Waals surface area contributed by atoms with Crippen LogP contribution in [0.3, 0.4) is 0 Å². The fourth-order valence-electron chi connectivity index (χ4n) is 12.2. The zero-order valence-electron chi connectivity index (χ0n) is 56.6. The molecule has 33 nitrogen and oxygen atoms in total. The summed E-state index contributed by atoms with van der Waals surface area (Å²) in [7, 11) is 0. The van der Waals surface area contributed by atoms with Gasteiger partial charge in [0.25, 0.3) is 0 Å². The number of nitrogens with zero attached hydrogens (tertiary/aromatic N) is 4. The van der Waals surface area contributed by atoms with Crippen molar-refractivity contribution in [2.75, 3.05) is 26.2 Å². The lowest BCUT2D eigenvalue weighted by atomic mass is 10.0. The number of aliphatic hydroxyl groups excluding tert-OH is 7. The number of carboxylic acids is 2. The zero-order chi connectivity index (χ0) is 72.5. The van der Waals surface area contributed by atoms with E-state index in [2.05, 4.69) is 29.5 Å². The predicted octanol–water partition coefficient (Wildman–Crippen LogP) is -1.92. The summed E-state index contributed by atoms with van der Waals surface area (Å²) in [6.07, 6.45) is 0.348. The summed E-state index contributed by atoms with van der Waals surface area (Å²) in [6.45, 7) is 3.90. The van der Waals surface area contributed by atoms with Gasteiger partial charge in [0.05, 0.1) is 43.9 Å². The smallest absolute Gasteiger partial charge is 0.335 e. The minimum absolute atomic E-state index is 0.0658. The Labute approximate surface area is 566 Å². The van der Waals surface area contributed by atoms with Crippen molar-refractivity contribution < 1.29 is 108 Å². The average Bonchev–Trinajstić information content (AvgIpc) is 1.78. The highest BCUT2D eigenvalue weighted by molar-refractivity contribution is 6.03. The molecule has 15 atom stereocenters. The van der Waals surface area contributed by atoms with E-state index < -0.39 is 201 Å². The van der Waals surface area contributed by atoms with Crippen LogP contribution in [0.15, 0.2) is 4.99 Å². The Balaban J connectivity index is 2.26. The molecule has 0 aliphatic carbocycles. The van der Waals surface area contributed by atoms with Crippen LogP contribution in [0.1, 0.15) is 207 Å². The summed E-state index contributed by atoms with van der Waals surface area (Å²) in [6, 6.07) is -17.2. The maximum Gasteiger partial charge on any atom is 0.335 e. The van der Waals surface area contributed by atoms with E-state index in [4.69, 9.17) is 16.2 Å². The van der Waals surface area contributed by atoms with Crippen LogP contribution in [-0.2, 0) is 62.3 Å². The lowest BCUT2D eigenvalue weighted by Crippen LogP contribution is -2.64. The molecule has 9 amide bonds. The number of guanidine groups is 1. The van der Waals surface area contributed by atoms with Crippen molar-refractivity contribution in [3.8, 4) is 0 Å². The van der Waals surface area contributed by atoms with Crippen molar-refractivity contribution in [2.24, 2.45) is 16.5 Å². The van der Waals surface area contributed by atoms with E-state index in [9.17, 15) is 98.7 Å². The van der Waals surface area contributed by atoms with E-state index in [0.29, 0.717) is 35.5 Å². The second-order valence-corrected chi connectivity index (χ2v) is 25.6. The molecule has 0 radical (unpaired) electrons. The van der Waals surface area contributed by atoms with Crippen molar-refractivity contribution >= 4 is 77.0 Å². The molecular formula is C64H109N11O22. The number of cyclic esters (lactones) is 1. The number of rotatable bonds is 34. The molecule has 3 rings (SSSR count). The molecule has 33 heteroatoms. The van der Waals surface area contributed by atoms with Gasteiger partial charge in [0.1, 0.15) is 48.4 Å². The number of imide groups is 1. The van der Waals surface area contributed by atoms with Gasteiger partial charge in [0.15, 0.2) is 24.2 Å². The molecular weight excluding hydrogens is 1270 g/mol. The largest absolute Gasteiger partial charge is 0.479 e. The number of esters is 1. The van der Waals surface area contributed by atoms with Gasteiger partial charge in [0, 0.05) is 19.6 Å². The van der Waals surface area contributed by atoms with Gasteiger partial charge in [-0.25, -0.2) is 14.4 Å². The maximum atomic E-state index is 15.1. The monoisotopic (exact) mass is 1380 g/mol. The highest BCUT2D eigenvalue weighted by atomic mass is 16.5. The first kappa shape index (κ1) is 84.1. The molecule has 3 saturated heterocycles. The minimum Gasteiger partial charge on any atom is -0.479 e. The van der Waals surface area contributed by atoms with Gasteiger partial charge in [-0.2, -0.15) is 0 Å². The molecule has 3 fully saturated rings. The van der Waals surface area contributed by atoms with Crippen molar-refractivity contribution in [1.29, 1.82) is 0 Å². The molecule has 3 aliphatic heterocycles. The molecule has 5 unspecified atom stereocenters. The van der Waals surface area contributed by atoms with E-state index >= 15 is 4.79 Å². The van der Waals surface area contributed by atoms with Crippen molar-refractivity contribution in [1.82, 2.24) is 41.3 Å². The summed E-state index contributed by atoms with van der Waals surface area (Å²) < 4.78 is 5.76. The number of fused-ring (bicyclic) bond motifs is 2. The van der Waals surface area contributed by atoms with Crippen LogP contribution in [0.2, 0.25) is 0 Å². The number of amides is 9. The first-order valence-electron chi connectivity index (χ1n) is 34.4. The highest BCUT2D eigenvalue weighted by Gasteiger charge is 2.49. The minimum atomic E-state index is -2.86. The summed E-state index contributed by atoms with van der Waals surface area (Å²) in [5.41, 5.74) is 10.9. The van der Waals surface area contributed by atoms with E-state index in [1.807, 2.05) is 16.0 Å². The van der Waals surface area contributed by atoms with Crippen LogP contribution >= 0.6 is 0 Å². The predicted molar refractivity (Wildman–Crippen MR) is 347 cm³/mol. The second kappa shape index (κ2) is 44.0. The van der Waals surface area contributed by atoms with Crippen LogP contribution < -0.4 is 38.1 Å². The van der Waals surface area contributed by atoms with Crippen molar-refractivity contribution in [3.05, 3.63) is 0 Å². The van der Waals surface area contributed by atoms with Crippen molar-refractivity contribution in [2.45, 2.75) is 299 Å². The molecule has 18 N–H and O–H groups in total. The molecule has 0 saturated carbocycles. The molecule has 0 aromatic rings. The fourth-order valence-corrected chi connectivity index (χ4v) is 12.2. The quantitative estimate of drug-likeness (QED) is 0.0145. The maximum absolute atomic E-state index is 15.1. The Morgan fingerprint density at radius 3 is 1.54 bits per heavy atom.